The molecule has 1 fully saturated rings. The first kappa shape index (κ1) is 16.2. The Hall–Kier alpha value is -1.66. The molecule has 1 aromatic heterocycles. The Bertz CT molecular complexity index is 711. The molecule has 0 spiro atoms. The number of fused-ring (bicyclic) bond motifs is 1. The zero-order valence-electron chi connectivity index (χ0n) is 14.2. The number of nitrogens with one attached hydrogen (secondary N) is 1. The molecular formula is C17H24N4OS. The van der Waals surface area contributed by atoms with Gasteiger partial charge < -0.3 is 19.5 Å². The van der Waals surface area contributed by atoms with Crippen molar-refractivity contribution in [3.63, 3.8) is 0 Å². The lowest BCUT2D eigenvalue weighted by Gasteiger charge is -2.34. The summed E-state index contributed by atoms with van der Waals surface area (Å²) in [6.07, 6.45) is 0. The number of piperazine rings is 1. The van der Waals surface area contributed by atoms with Crippen LogP contribution < -0.4 is 5.32 Å². The molecule has 1 saturated heterocycles. The highest BCUT2D eigenvalue weighted by atomic mass is 32.1. The second kappa shape index (κ2) is 6.09. The number of hydrogen-bond donors (Lipinski definition) is 1. The second-order valence-corrected chi connectivity index (χ2v) is 7.56. The first-order valence-electron chi connectivity index (χ1n) is 7.98. The van der Waals surface area contributed by atoms with Gasteiger partial charge in [0.25, 0.3) is 0 Å². The van der Waals surface area contributed by atoms with Crippen LogP contribution >= 0.6 is 12.2 Å². The maximum Gasteiger partial charge on any atom is 0.200 e. The maximum absolute atomic E-state index is 5.90. The van der Waals surface area contributed by atoms with Crippen molar-refractivity contribution in [3.05, 3.63) is 24.1 Å². The lowest BCUT2D eigenvalue weighted by Crippen LogP contribution is -2.48. The van der Waals surface area contributed by atoms with Crippen LogP contribution in [0.3, 0.4) is 0 Å². The van der Waals surface area contributed by atoms with E-state index in [0.29, 0.717) is 0 Å². The number of rotatable bonds is 1. The number of benzene rings is 1. The predicted octanol–water partition coefficient (Wildman–Crippen LogP) is 3.07. The van der Waals surface area contributed by atoms with Crippen molar-refractivity contribution in [1.29, 1.82) is 0 Å². The van der Waals surface area contributed by atoms with Gasteiger partial charge in [0.15, 0.2) is 10.7 Å². The van der Waals surface area contributed by atoms with E-state index in [4.69, 9.17) is 16.6 Å². The van der Waals surface area contributed by atoms with Crippen LogP contribution in [0.1, 0.15) is 26.7 Å². The summed E-state index contributed by atoms with van der Waals surface area (Å²) in [5, 5.41) is 4.09. The fraction of sp³-hybridized carbons (Fsp3) is 0.529. The first-order chi connectivity index (χ1) is 10.8. The van der Waals surface area contributed by atoms with E-state index in [1.54, 1.807) is 0 Å². The van der Waals surface area contributed by atoms with Gasteiger partial charge in [-0.15, -0.1) is 0 Å². The molecule has 0 aliphatic carbocycles. The third-order valence-corrected chi connectivity index (χ3v) is 4.43. The molecule has 5 nitrogen and oxygen atoms in total. The minimum Gasteiger partial charge on any atom is -0.440 e. The highest BCUT2D eigenvalue weighted by Gasteiger charge is 2.21. The zero-order chi connectivity index (χ0) is 16.6. The van der Waals surface area contributed by atoms with Crippen LogP contribution in [0, 0.1) is 0 Å². The van der Waals surface area contributed by atoms with Gasteiger partial charge in [0, 0.05) is 43.3 Å². The number of oxazole rings is 1. The standard InChI is InChI=1S/C17H24N4OS/c1-17(2,3)15-19-13-6-5-12(11-14(13)22-15)18-16(23)21-9-7-20(4)8-10-21/h5-6,11H,7-10H2,1-4H3,(H,18,23). The number of nitrogens with zero attached hydrogens (tertiary/aromatic N) is 3. The third-order valence-electron chi connectivity index (χ3n) is 4.07. The van der Waals surface area contributed by atoms with Crippen molar-refractivity contribution < 1.29 is 4.42 Å². The molecular weight excluding hydrogens is 308 g/mol. The van der Waals surface area contributed by atoms with E-state index < -0.39 is 0 Å². The largest absolute Gasteiger partial charge is 0.440 e. The normalized spacial score (nSPS) is 16.8. The molecule has 1 aliphatic rings. The summed E-state index contributed by atoms with van der Waals surface area (Å²) in [5.41, 5.74) is 2.52. The van der Waals surface area contributed by atoms with E-state index in [9.17, 15) is 0 Å². The second-order valence-electron chi connectivity index (χ2n) is 7.17. The fourth-order valence-electron chi connectivity index (χ4n) is 2.54. The highest BCUT2D eigenvalue weighted by Crippen LogP contribution is 2.27. The lowest BCUT2D eigenvalue weighted by molar-refractivity contribution is 0.217. The fourth-order valence-corrected chi connectivity index (χ4v) is 2.84. The molecule has 2 heterocycles. The van der Waals surface area contributed by atoms with Crippen LogP contribution in [0.25, 0.3) is 11.1 Å². The van der Waals surface area contributed by atoms with Gasteiger partial charge in [0.05, 0.1) is 0 Å². The molecule has 1 aromatic carbocycles. The van der Waals surface area contributed by atoms with Gasteiger partial charge in [-0.05, 0) is 31.4 Å². The molecule has 0 bridgehead atoms. The van der Waals surface area contributed by atoms with Crippen molar-refractivity contribution in [3.8, 4) is 0 Å². The molecule has 0 unspecified atom stereocenters. The molecule has 124 valence electrons. The van der Waals surface area contributed by atoms with Crippen LogP contribution in [-0.2, 0) is 5.41 Å². The van der Waals surface area contributed by atoms with Crippen molar-refractivity contribution in [2.45, 2.75) is 26.2 Å². The van der Waals surface area contributed by atoms with Crippen molar-refractivity contribution in [1.82, 2.24) is 14.8 Å². The van der Waals surface area contributed by atoms with Gasteiger partial charge in [-0.1, -0.05) is 20.8 Å². The minimum atomic E-state index is -0.0955. The van der Waals surface area contributed by atoms with Crippen molar-refractivity contribution in [2.24, 2.45) is 0 Å². The van der Waals surface area contributed by atoms with Gasteiger partial charge >= 0.3 is 0 Å². The third kappa shape index (κ3) is 3.64. The van der Waals surface area contributed by atoms with Gasteiger partial charge in [-0.2, -0.15) is 0 Å². The summed E-state index contributed by atoms with van der Waals surface area (Å²) in [5.74, 6) is 0.756. The van der Waals surface area contributed by atoms with Crippen LogP contribution in [0.2, 0.25) is 0 Å². The average molecular weight is 332 g/mol. The quantitative estimate of drug-likeness (QED) is 0.810. The number of aromatic nitrogens is 1. The zero-order valence-corrected chi connectivity index (χ0v) is 15.0. The molecule has 0 amide bonds. The number of thiocarbonyl (C=S) groups is 1. The SMILES string of the molecule is CN1CCN(C(=S)Nc2ccc3nc(C(C)(C)C)oc3c2)CC1. The molecule has 2 aromatic rings. The van der Waals surface area contributed by atoms with Crippen LogP contribution in [-0.4, -0.2) is 53.1 Å². The molecule has 23 heavy (non-hydrogen) atoms. The Kier molecular flexibility index (Phi) is 4.29. The van der Waals surface area contributed by atoms with Crippen molar-refractivity contribution >= 4 is 34.1 Å². The topological polar surface area (TPSA) is 44.5 Å². The van der Waals surface area contributed by atoms with Gasteiger partial charge in [0.1, 0.15) is 5.52 Å². The summed E-state index contributed by atoms with van der Waals surface area (Å²) in [6, 6.07) is 5.95. The van der Waals surface area contributed by atoms with Crippen LogP contribution in [0.4, 0.5) is 5.69 Å². The van der Waals surface area contributed by atoms with E-state index in [-0.39, 0.29) is 5.41 Å². The Morgan fingerprint density at radius 1 is 1.22 bits per heavy atom. The number of likely N-dealkylation sites (N-methyl/N-ethyl adjacent to an activating group) is 1. The molecule has 0 radical (unpaired) electrons. The summed E-state index contributed by atoms with van der Waals surface area (Å²) in [4.78, 5) is 9.08. The Balaban J connectivity index is 1.74. The van der Waals surface area contributed by atoms with Gasteiger partial charge in [-0.25, -0.2) is 4.98 Å². The Morgan fingerprint density at radius 2 is 1.91 bits per heavy atom. The van der Waals surface area contributed by atoms with E-state index >= 15 is 0 Å². The molecule has 1 aliphatic heterocycles. The highest BCUT2D eigenvalue weighted by molar-refractivity contribution is 7.80. The summed E-state index contributed by atoms with van der Waals surface area (Å²) < 4.78 is 5.90. The molecule has 6 heteroatoms. The average Bonchev–Trinajstić information content (AvgIpc) is 2.91. The number of hydrogen-bond acceptors (Lipinski definition) is 4. The summed E-state index contributed by atoms with van der Waals surface area (Å²) >= 11 is 5.53. The first-order valence-corrected chi connectivity index (χ1v) is 8.39. The van der Waals surface area contributed by atoms with Gasteiger partial charge in [0.2, 0.25) is 5.89 Å². The van der Waals surface area contributed by atoms with Crippen LogP contribution in [0.15, 0.2) is 22.6 Å². The van der Waals surface area contributed by atoms with Crippen LogP contribution in [0.5, 0.6) is 0 Å². The Labute approximate surface area is 142 Å². The summed E-state index contributed by atoms with van der Waals surface area (Å²) in [7, 11) is 2.14. The molecule has 0 atom stereocenters. The smallest absolute Gasteiger partial charge is 0.200 e. The van der Waals surface area contributed by atoms with Crippen molar-refractivity contribution in [2.75, 3.05) is 38.5 Å². The molecule has 1 N–H and O–H groups in total. The van der Waals surface area contributed by atoms with E-state index in [0.717, 1.165) is 54.0 Å². The number of anilines is 1. The lowest BCUT2D eigenvalue weighted by atomic mass is 9.97. The van der Waals surface area contributed by atoms with E-state index in [1.165, 1.54) is 0 Å². The predicted molar refractivity (Wildman–Crippen MR) is 98.0 cm³/mol. The minimum absolute atomic E-state index is 0.0955. The molecule has 3 rings (SSSR count). The maximum atomic E-state index is 5.90. The Morgan fingerprint density at radius 3 is 2.57 bits per heavy atom. The van der Waals surface area contributed by atoms with E-state index in [2.05, 4.69) is 47.9 Å². The molecule has 0 saturated carbocycles. The monoisotopic (exact) mass is 332 g/mol. The summed E-state index contributed by atoms with van der Waals surface area (Å²) in [6.45, 7) is 10.3. The van der Waals surface area contributed by atoms with Gasteiger partial charge in [-0.3, -0.25) is 0 Å². The van der Waals surface area contributed by atoms with E-state index in [1.807, 2.05) is 18.2 Å².